The van der Waals surface area contributed by atoms with Gasteiger partial charge in [-0.3, -0.25) is 4.79 Å². The average Bonchev–Trinajstić information content (AvgIpc) is 2.41. The highest BCUT2D eigenvalue weighted by Crippen LogP contribution is 2.21. The van der Waals surface area contributed by atoms with Crippen molar-refractivity contribution in [2.24, 2.45) is 5.92 Å². The van der Waals surface area contributed by atoms with E-state index in [4.69, 9.17) is 9.47 Å². The molecule has 2 N–H and O–H groups in total. The Hall–Kier alpha value is -2.24. The van der Waals surface area contributed by atoms with Crippen LogP contribution in [0.15, 0.2) is 24.3 Å². The van der Waals surface area contributed by atoms with Crippen LogP contribution in [0.4, 0.5) is 4.79 Å². The summed E-state index contributed by atoms with van der Waals surface area (Å²) in [4.78, 5) is 23.0. The summed E-state index contributed by atoms with van der Waals surface area (Å²) >= 11 is 0. The molecule has 0 saturated heterocycles. The number of methoxy groups -OCH3 is 1. The number of aliphatic carboxylic acids is 1. The van der Waals surface area contributed by atoms with Crippen molar-refractivity contribution in [1.82, 2.24) is 5.32 Å². The quantitative estimate of drug-likeness (QED) is 0.843. The molecule has 1 aromatic carbocycles. The third-order valence-corrected chi connectivity index (χ3v) is 2.90. The van der Waals surface area contributed by atoms with E-state index in [0.717, 1.165) is 5.56 Å². The molecular formula is C16H23NO5. The van der Waals surface area contributed by atoms with Crippen LogP contribution in [0.3, 0.4) is 0 Å². The third kappa shape index (κ3) is 6.03. The fourth-order valence-corrected chi connectivity index (χ4v) is 1.90. The second-order valence-electron chi connectivity index (χ2n) is 5.93. The number of hydrogen-bond donors (Lipinski definition) is 2. The van der Waals surface area contributed by atoms with Gasteiger partial charge in [0, 0.05) is 6.54 Å². The number of alkyl carbamates (subject to hydrolysis) is 1. The number of nitrogens with one attached hydrogen (secondary N) is 1. The highest BCUT2D eigenvalue weighted by molar-refractivity contribution is 5.73. The van der Waals surface area contributed by atoms with Gasteiger partial charge in [0.15, 0.2) is 0 Å². The molecule has 6 heteroatoms. The van der Waals surface area contributed by atoms with Crippen LogP contribution in [0.25, 0.3) is 0 Å². The van der Waals surface area contributed by atoms with Gasteiger partial charge < -0.3 is 19.9 Å². The zero-order valence-corrected chi connectivity index (χ0v) is 13.4. The van der Waals surface area contributed by atoms with Crippen LogP contribution < -0.4 is 10.1 Å². The molecule has 1 rings (SSSR count). The maximum absolute atomic E-state index is 11.6. The van der Waals surface area contributed by atoms with E-state index in [0.29, 0.717) is 5.75 Å². The summed E-state index contributed by atoms with van der Waals surface area (Å²) < 4.78 is 10.3. The predicted molar refractivity (Wildman–Crippen MR) is 82.1 cm³/mol. The molecule has 6 nitrogen and oxygen atoms in total. The smallest absolute Gasteiger partial charge is 0.407 e. The van der Waals surface area contributed by atoms with Gasteiger partial charge in [0.2, 0.25) is 0 Å². The number of carbonyl (C=O) groups excluding carboxylic acids is 1. The third-order valence-electron chi connectivity index (χ3n) is 2.90. The molecule has 0 spiro atoms. The Morgan fingerprint density at radius 2 is 1.91 bits per heavy atom. The van der Waals surface area contributed by atoms with Crippen LogP contribution in [-0.2, 0) is 16.0 Å². The number of carboxylic acids is 1. The molecule has 22 heavy (non-hydrogen) atoms. The Bertz CT molecular complexity index is 522. The Kier molecular flexibility index (Phi) is 6.22. The number of amides is 1. The molecule has 0 bridgehead atoms. The van der Waals surface area contributed by atoms with Crippen LogP contribution in [-0.4, -0.2) is 36.4 Å². The summed E-state index contributed by atoms with van der Waals surface area (Å²) in [5.74, 6) is -1.11. The standard InChI is InChI=1S/C16H23NO5/c1-16(2,3)22-15(20)17-10-12(14(18)19)9-11-7-5-6-8-13(11)21-4/h5-8,12H,9-10H2,1-4H3,(H,17,20)(H,18,19). The minimum Gasteiger partial charge on any atom is -0.496 e. The predicted octanol–water partition coefficient (Wildman–Crippen LogP) is 2.46. The lowest BCUT2D eigenvalue weighted by Crippen LogP contribution is -2.37. The van der Waals surface area contributed by atoms with E-state index < -0.39 is 23.6 Å². The summed E-state index contributed by atoms with van der Waals surface area (Å²) in [6.07, 6.45) is -0.367. The van der Waals surface area contributed by atoms with Crippen LogP contribution in [0.1, 0.15) is 26.3 Å². The molecule has 1 aromatic rings. The maximum atomic E-state index is 11.6. The molecule has 1 amide bonds. The summed E-state index contributed by atoms with van der Waals surface area (Å²) in [6.45, 7) is 5.23. The highest BCUT2D eigenvalue weighted by Gasteiger charge is 2.22. The van der Waals surface area contributed by atoms with Crippen molar-refractivity contribution in [3.8, 4) is 5.75 Å². The zero-order chi connectivity index (χ0) is 16.8. The minimum absolute atomic E-state index is 0.0116. The van der Waals surface area contributed by atoms with E-state index in [1.807, 2.05) is 18.2 Å². The lowest BCUT2D eigenvalue weighted by Gasteiger charge is -2.21. The Morgan fingerprint density at radius 3 is 2.45 bits per heavy atom. The fraction of sp³-hybridized carbons (Fsp3) is 0.500. The molecule has 0 aliphatic heterocycles. The molecule has 0 fully saturated rings. The van der Waals surface area contributed by atoms with Gasteiger partial charge in [0.1, 0.15) is 11.4 Å². The van der Waals surface area contributed by atoms with Crippen LogP contribution in [0, 0.1) is 5.92 Å². The fourth-order valence-electron chi connectivity index (χ4n) is 1.90. The second-order valence-corrected chi connectivity index (χ2v) is 5.93. The second kappa shape index (κ2) is 7.68. The first-order valence-electron chi connectivity index (χ1n) is 7.04. The Balaban J connectivity index is 2.67. The summed E-state index contributed by atoms with van der Waals surface area (Å²) in [5.41, 5.74) is 0.161. The van der Waals surface area contributed by atoms with Crippen LogP contribution in [0.2, 0.25) is 0 Å². The van der Waals surface area contributed by atoms with Gasteiger partial charge in [-0.05, 0) is 38.8 Å². The van der Waals surface area contributed by atoms with Crippen molar-refractivity contribution >= 4 is 12.1 Å². The first-order valence-corrected chi connectivity index (χ1v) is 7.04. The van der Waals surface area contributed by atoms with Gasteiger partial charge in [-0.2, -0.15) is 0 Å². The first kappa shape index (κ1) is 17.8. The normalized spacial score (nSPS) is 12.4. The number of ether oxygens (including phenoxy) is 2. The maximum Gasteiger partial charge on any atom is 0.407 e. The van der Waals surface area contributed by atoms with Crippen molar-refractivity contribution in [3.05, 3.63) is 29.8 Å². The van der Waals surface area contributed by atoms with E-state index in [2.05, 4.69) is 5.32 Å². The van der Waals surface area contributed by atoms with Gasteiger partial charge >= 0.3 is 12.1 Å². The summed E-state index contributed by atoms with van der Waals surface area (Å²) in [7, 11) is 1.54. The highest BCUT2D eigenvalue weighted by atomic mass is 16.6. The number of carboxylic acid groups (broad SMARTS) is 1. The van der Waals surface area contributed by atoms with Crippen molar-refractivity contribution in [2.45, 2.75) is 32.8 Å². The lowest BCUT2D eigenvalue weighted by atomic mass is 9.98. The minimum atomic E-state index is -0.984. The molecule has 0 saturated carbocycles. The van der Waals surface area contributed by atoms with Gasteiger partial charge in [-0.25, -0.2) is 4.79 Å². The van der Waals surface area contributed by atoms with Crippen molar-refractivity contribution in [3.63, 3.8) is 0 Å². The number of rotatable bonds is 6. The van der Waals surface area contributed by atoms with E-state index in [1.54, 1.807) is 26.8 Å². The van der Waals surface area contributed by atoms with E-state index >= 15 is 0 Å². The van der Waals surface area contributed by atoms with Crippen molar-refractivity contribution in [1.29, 1.82) is 0 Å². The van der Waals surface area contributed by atoms with Gasteiger partial charge in [-0.15, -0.1) is 0 Å². The monoisotopic (exact) mass is 309 g/mol. The SMILES string of the molecule is COc1ccccc1CC(CNC(=O)OC(C)(C)C)C(=O)O. The molecule has 122 valence electrons. The molecule has 0 aliphatic carbocycles. The van der Waals surface area contributed by atoms with Crippen LogP contribution in [0.5, 0.6) is 5.75 Å². The molecule has 1 atom stereocenters. The van der Waals surface area contributed by atoms with E-state index in [1.165, 1.54) is 7.11 Å². The molecule has 0 heterocycles. The average molecular weight is 309 g/mol. The topological polar surface area (TPSA) is 84.9 Å². The van der Waals surface area contributed by atoms with Crippen LogP contribution >= 0.6 is 0 Å². The summed E-state index contributed by atoms with van der Waals surface area (Å²) in [6, 6.07) is 7.22. The van der Waals surface area contributed by atoms with Crippen molar-refractivity contribution < 1.29 is 24.2 Å². The largest absolute Gasteiger partial charge is 0.496 e. The summed E-state index contributed by atoms with van der Waals surface area (Å²) in [5, 5.41) is 11.8. The first-order chi connectivity index (χ1) is 10.2. The number of carbonyl (C=O) groups is 2. The molecule has 1 unspecified atom stereocenters. The lowest BCUT2D eigenvalue weighted by molar-refractivity contribution is -0.141. The van der Waals surface area contributed by atoms with E-state index in [-0.39, 0.29) is 13.0 Å². The number of hydrogen-bond acceptors (Lipinski definition) is 4. The van der Waals surface area contributed by atoms with Gasteiger partial charge in [0.05, 0.1) is 13.0 Å². The Morgan fingerprint density at radius 1 is 1.27 bits per heavy atom. The zero-order valence-electron chi connectivity index (χ0n) is 13.4. The number of para-hydroxylation sites is 1. The number of benzene rings is 1. The van der Waals surface area contributed by atoms with E-state index in [9.17, 15) is 14.7 Å². The molecule has 0 aromatic heterocycles. The van der Waals surface area contributed by atoms with Crippen molar-refractivity contribution in [2.75, 3.05) is 13.7 Å². The van der Waals surface area contributed by atoms with Gasteiger partial charge in [0.25, 0.3) is 0 Å². The molecular weight excluding hydrogens is 286 g/mol. The molecule has 0 aliphatic rings. The van der Waals surface area contributed by atoms with Gasteiger partial charge in [-0.1, -0.05) is 18.2 Å². The molecule has 0 radical (unpaired) electrons. The Labute approximate surface area is 130 Å².